The Balaban J connectivity index is 0.00000272. The number of thiophene rings is 1. The number of nitrogens with zero attached hydrogens (tertiary/aromatic N) is 1. The summed E-state index contributed by atoms with van der Waals surface area (Å²) in [5.41, 5.74) is 2.59. The van der Waals surface area contributed by atoms with Gasteiger partial charge in [0.25, 0.3) is 0 Å². The summed E-state index contributed by atoms with van der Waals surface area (Å²) in [6.07, 6.45) is 10.1. The van der Waals surface area contributed by atoms with Crippen LogP contribution in [0.15, 0.2) is 35.8 Å². The molecule has 0 bridgehead atoms. The highest BCUT2D eigenvalue weighted by Crippen LogP contribution is 2.49. The molecule has 1 saturated heterocycles. The predicted octanol–water partition coefficient (Wildman–Crippen LogP) is 4.74. The van der Waals surface area contributed by atoms with Crippen LogP contribution in [-0.4, -0.2) is 29.6 Å². The van der Waals surface area contributed by atoms with Gasteiger partial charge in [-0.2, -0.15) is 0 Å². The van der Waals surface area contributed by atoms with Crippen molar-refractivity contribution in [3.8, 4) is 0 Å². The first-order chi connectivity index (χ1) is 14.6. The van der Waals surface area contributed by atoms with Crippen LogP contribution in [0, 0.1) is 0 Å². The summed E-state index contributed by atoms with van der Waals surface area (Å²) in [4.78, 5) is 17.3. The minimum absolute atomic E-state index is 0. The van der Waals surface area contributed by atoms with Crippen molar-refractivity contribution in [2.45, 2.75) is 76.0 Å². The lowest BCUT2D eigenvalue weighted by Crippen LogP contribution is -2.47. The highest BCUT2D eigenvalue weighted by atomic mass is 35.5. The fraction of sp³-hybridized carbons (Fsp3) is 0.583. The number of amides is 1. The summed E-state index contributed by atoms with van der Waals surface area (Å²) >= 11 is 1.75. The van der Waals surface area contributed by atoms with Crippen LogP contribution < -0.4 is 10.6 Å². The zero-order valence-electron chi connectivity index (χ0n) is 18.3. The third-order valence-electron chi connectivity index (χ3n) is 6.80. The van der Waals surface area contributed by atoms with Crippen molar-refractivity contribution in [2.75, 3.05) is 13.2 Å². The Bertz CT molecular complexity index is 838. The molecule has 1 saturated carbocycles. The molecule has 0 radical (unpaired) electrons. The van der Waals surface area contributed by atoms with Gasteiger partial charge < -0.3 is 15.4 Å². The number of carbonyl (C=O) groups is 1. The average Bonchev–Trinajstić information content (AvgIpc) is 3.40. The van der Waals surface area contributed by atoms with Gasteiger partial charge in [0.2, 0.25) is 5.91 Å². The first-order valence-electron chi connectivity index (χ1n) is 11.2. The van der Waals surface area contributed by atoms with Gasteiger partial charge >= 0.3 is 0 Å². The van der Waals surface area contributed by atoms with Gasteiger partial charge in [0.1, 0.15) is 0 Å². The topological polar surface area (TPSA) is 63.2 Å². The lowest BCUT2D eigenvalue weighted by atomic mass is 9.68. The van der Waals surface area contributed by atoms with Gasteiger partial charge in [-0.1, -0.05) is 18.9 Å². The normalized spacial score (nSPS) is 22.2. The number of rotatable bonds is 8. The maximum absolute atomic E-state index is 11.2. The van der Waals surface area contributed by atoms with Gasteiger partial charge in [-0.15, -0.1) is 23.7 Å². The van der Waals surface area contributed by atoms with Gasteiger partial charge in [-0.3, -0.25) is 9.78 Å². The first kappa shape index (κ1) is 24.2. The minimum atomic E-state index is 0. The number of carbonyl (C=O) groups excluding carboxylic acids is 1. The number of hydrogen-bond donors (Lipinski definition) is 2. The summed E-state index contributed by atoms with van der Waals surface area (Å²) in [6, 6.07) is 8.44. The quantitative estimate of drug-likeness (QED) is 0.555. The number of hydrogen-bond acceptors (Lipinski definition) is 5. The maximum Gasteiger partial charge on any atom is 0.217 e. The van der Waals surface area contributed by atoms with E-state index >= 15 is 0 Å². The molecule has 2 aliphatic rings. The van der Waals surface area contributed by atoms with E-state index in [-0.39, 0.29) is 29.3 Å². The molecule has 7 heteroatoms. The number of nitrogens with one attached hydrogen (secondary N) is 2. The third kappa shape index (κ3) is 5.86. The first-order valence-corrected chi connectivity index (χ1v) is 12.0. The van der Waals surface area contributed by atoms with Crippen molar-refractivity contribution >= 4 is 29.7 Å². The molecular weight excluding hydrogens is 430 g/mol. The van der Waals surface area contributed by atoms with Crippen LogP contribution in [-0.2, 0) is 28.0 Å². The van der Waals surface area contributed by atoms with Crippen LogP contribution in [0.5, 0.6) is 0 Å². The van der Waals surface area contributed by atoms with Crippen molar-refractivity contribution in [2.24, 2.45) is 0 Å². The van der Waals surface area contributed by atoms with E-state index in [1.165, 1.54) is 41.8 Å². The lowest BCUT2D eigenvalue weighted by molar-refractivity contribution is -0.119. The largest absolute Gasteiger partial charge is 0.375 e. The second-order valence-electron chi connectivity index (χ2n) is 8.87. The molecule has 2 aromatic heterocycles. The molecule has 4 rings (SSSR count). The monoisotopic (exact) mass is 463 g/mol. The zero-order chi connectivity index (χ0) is 20.9. The van der Waals surface area contributed by atoms with Crippen molar-refractivity contribution in [3.63, 3.8) is 0 Å². The summed E-state index contributed by atoms with van der Waals surface area (Å²) in [6.45, 7) is 4.79. The third-order valence-corrected chi connectivity index (χ3v) is 7.77. The molecule has 170 valence electrons. The molecule has 3 heterocycles. The van der Waals surface area contributed by atoms with E-state index in [0.717, 1.165) is 39.0 Å². The van der Waals surface area contributed by atoms with Gasteiger partial charge in [0, 0.05) is 48.8 Å². The number of halogens is 1. The standard InChI is InChI=1S/C24H33N3O2S.ClH/c1-19(28)27-16-20-7-15-30-21(20)17-25-13-10-23(22-6-2-5-12-26-22)11-14-29-24(18-23)8-3-4-9-24;/h2,5-7,12,15,25H,3-4,8-11,13-14,16-18H2,1H3,(H,27,28);1H/t23-;/m1./s1. The Morgan fingerprint density at radius 2 is 2.03 bits per heavy atom. The van der Waals surface area contributed by atoms with E-state index in [1.54, 1.807) is 18.3 Å². The number of aromatic nitrogens is 1. The molecule has 0 aromatic carbocycles. The fourth-order valence-corrected chi connectivity index (χ4v) is 6.10. The Morgan fingerprint density at radius 3 is 2.77 bits per heavy atom. The van der Waals surface area contributed by atoms with Gasteiger partial charge in [-0.25, -0.2) is 0 Å². The summed E-state index contributed by atoms with van der Waals surface area (Å²) < 4.78 is 6.35. The van der Waals surface area contributed by atoms with E-state index in [9.17, 15) is 4.79 Å². The van der Waals surface area contributed by atoms with Crippen LogP contribution in [0.1, 0.15) is 68.0 Å². The predicted molar refractivity (Wildman–Crippen MR) is 128 cm³/mol. The molecule has 31 heavy (non-hydrogen) atoms. The summed E-state index contributed by atoms with van der Waals surface area (Å²) in [7, 11) is 0. The van der Waals surface area contributed by atoms with Crippen LogP contribution in [0.3, 0.4) is 0 Å². The highest BCUT2D eigenvalue weighted by molar-refractivity contribution is 7.10. The van der Waals surface area contributed by atoms with Crippen molar-refractivity contribution < 1.29 is 9.53 Å². The SMILES string of the molecule is CC(=O)NCc1ccsc1CNCC[C@@]1(c2ccccn2)CCOC2(CCCC2)C1.Cl. The summed E-state index contributed by atoms with van der Waals surface area (Å²) in [5.74, 6) is 0.0118. The Labute approximate surface area is 195 Å². The van der Waals surface area contributed by atoms with Crippen molar-refractivity contribution in [3.05, 3.63) is 52.0 Å². The molecule has 2 aromatic rings. The smallest absolute Gasteiger partial charge is 0.217 e. The van der Waals surface area contributed by atoms with Gasteiger partial charge in [0.15, 0.2) is 0 Å². The maximum atomic E-state index is 11.2. The molecule has 2 N–H and O–H groups in total. The Hall–Kier alpha value is -1.47. The van der Waals surface area contributed by atoms with Crippen molar-refractivity contribution in [1.29, 1.82) is 0 Å². The molecule has 2 fully saturated rings. The Kier molecular flexibility index (Phi) is 8.50. The zero-order valence-corrected chi connectivity index (χ0v) is 20.0. The number of ether oxygens (including phenoxy) is 1. The van der Waals surface area contributed by atoms with E-state index in [2.05, 4.69) is 34.2 Å². The highest BCUT2D eigenvalue weighted by Gasteiger charge is 2.48. The number of pyridine rings is 1. The minimum Gasteiger partial charge on any atom is -0.375 e. The lowest BCUT2D eigenvalue weighted by Gasteiger charge is -2.46. The second kappa shape index (κ2) is 10.9. The van der Waals surface area contributed by atoms with E-state index < -0.39 is 0 Å². The molecule has 1 aliphatic heterocycles. The molecule has 5 nitrogen and oxygen atoms in total. The molecule has 1 aliphatic carbocycles. The molecule has 1 atom stereocenters. The molecule has 1 amide bonds. The summed E-state index contributed by atoms with van der Waals surface area (Å²) in [5, 5.41) is 8.67. The molecule has 1 spiro atoms. The van der Waals surface area contributed by atoms with Crippen LogP contribution >= 0.6 is 23.7 Å². The molecular formula is C24H34ClN3O2S. The van der Waals surface area contributed by atoms with Crippen LogP contribution in [0.2, 0.25) is 0 Å². The van der Waals surface area contributed by atoms with Gasteiger partial charge in [0.05, 0.1) is 5.60 Å². The van der Waals surface area contributed by atoms with Gasteiger partial charge in [-0.05, 0) is 67.8 Å². The van der Waals surface area contributed by atoms with Crippen LogP contribution in [0.25, 0.3) is 0 Å². The second-order valence-corrected chi connectivity index (χ2v) is 9.87. The van der Waals surface area contributed by atoms with E-state index in [4.69, 9.17) is 9.72 Å². The van der Waals surface area contributed by atoms with E-state index in [0.29, 0.717) is 6.54 Å². The molecule has 0 unspecified atom stereocenters. The average molecular weight is 464 g/mol. The van der Waals surface area contributed by atoms with Crippen LogP contribution in [0.4, 0.5) is 0 Å². The fourth-order valence-electron chi connectivity index (χ4n) is 5.22. The van der Waals surface area contributed by atoms with E-state index in [1.807, 2.05) is 12.3 Å². The Morgan fingerprint density at radius 1 is 1.19 bits per heavy atom. The van der Waals surface area contributed by atoms with Crippen molar-refractivity contribution in [1.82, 2.24) is 15.6 Å².